The topological polar surface area (TPSA) is 62.5 Å². The first-order valence-electron chi connectivity index (χ1n) is 6.04. The van der Waals surface area contributed by atoms with Crippen molar-refractivity contribution in [2.24, 2.45) is 0 Å². The molecule has 1 aromatic rings. The molecule has 0 saturated carbocycles. The number of thiazole rings is 1. The molecule has 0 unspecified atom stereocenters. The molecule has 0 radical (unpaired) electrons. The van der Waals surface area contributed by atoms with Gasteiger partial charge in [0.2, 0.25) is 5.91 Å². The van der Waals surface area contributed by atoms with Crippen molar-refractivity contribution in [2.45, 2.75) is 38.8 Å². The molecule has 0 spiro atoms. The van der Waals surface area contributed by atoms with Gasteiger partial charge in [-0.05, 0) is 26.7 Å². The maximum atomic E-state index is 12.1. The largest absolute Gasteiger partial charge is 0.390 e. The maximum absolute atomic E-state index is 12.1. The molecule has 2 heterocycles. The molecule has 0 aliphatic carbocycles. The van der Waals surface area contributed by atoms with Gasteiger partial charge in [0.25, 0.3) is 0 Å². The lowest BCUT2D eigenvalue weighted by Gasteiger charge is -2.35. The van der Waals surface area contributed by atoms with Crippen LogP contribution in [0.2, 0.25) is 0 Å². The average Bonchev–Trinajstić information content (AvgIpc) is 2.60. The number of amides is 1. The lowest BCUT2D eigenvalue weighted by Crippen LogP contribution is -2.46. The van der Waals surface area contributed by atoms with Crippen LogP contribution in [0, 0.1) is 6.92 Å². The molecule has 1 aliphatic rings. The van der Waals surface area contributed by atoms with Crippen LogP contribution >= 0.6 is 11.3 Å². The molecule has 1 aliphatic heterocycles. The highest BCUT2D eigenvalue weighted by atomic mass is 32.1. The number of aromatic nitrogens is 1. The van der Waals surface area contributed by atoms with Crippen LogP contribution in [0.25, 0.3) is 0 Å². The predicted octanol–water partition coefficient (Wildman–Crippen LogP) is 0.592. The second kappa shape index (κ2) is 4.85. The van der Waals surface area contributed by atoms with Gasteiger partial charge in [-0.2, -0.15) is 0 Å². The number of aliphatic hydroxyl groups is 1. The van der Waals surface area contributed by atoms with Gasteiger partial charge in [0.1, 0.15) is 6.54 Å². The van der Waals surface area contributed by atoms with E-state index in [0.29, 0.717) is 25.9 Å². The van der Waals surface area contributed by atoms with Gasteiger partial charge in [-0.1, -0.05) is 11.3 Å². The molecule has 1 fully saturated rings. The summed E-state index contributed by atoms with van der Waals surface area (Å²) in [5, 5.41) is 11.6. The molecule has 1 amide bonds. The number of aryl methyl sites for hydroxylation is 1. The summed E-state index contributed by atoms with van der Waals surface area (Å²) in [6.45, 7) is 4.85. The number of hydrogen-bond donors (Lipinski definition) is 1. The summed E-state index contributed by atoms with van der Waals surface area (Å²) >= 11 is 1.12. The molecule has 6 heteroatoms. The minimum atomic E-state index is -0.661. The van der Waals surface area contributed by atoms with Gasteiger partial charge < -0.3 is 10.0 Å². The number of carbonyl (C=O) groups excluding carboxylic acids is 1. The van der Waals surface area contributed by atoms with Crippen LogP contribution < -0.4 is 4.87 Å². The van der Waals surface area contributed by atoms with Crippen molar-refractivity contribution < 1.29 is 9.90 Å². The molecule has 5 nitrogen and oxygen atoms in total. The van der Waals surface area contributed by atoms with E-state index in [1.807, 2.05) is 6.92 Å². The van der Waals surface area contributed by atoms with E-state index in [2.05, 4.69) is 0 Å². The van der Waals surface area contributed by atoms with Crippen molar-refractivity contribution in [1.82, 2.24) is 9.47 Å². The lowest BCUT2D eigenvalue weighted by atomic mass is 9.94. The number of rotatable bonds is 2. The van der Waals surface area contributed by atoms with E-state index in [0.717, 1.165) is 17.0 Å². The lowest BCUT2D eigenvalue weighted by molar-refractivity contribution is -0.135. The van der Waals surface area contributed by atoms with Gasteiger partial charge >= 0.3 is 4.87 Å². The molecule has 0 aromatic carbocycles. The van der Waals surface area contributed by atoms with E-state index < -0.39 is 5.60 Å². The highest BCUT2D eigenvalue weighted by molar-refractivity contribution is 7.07. The fourth-order valence-electron chi connectivity index (χ4n) is 2.07. The van der Waals surface area contributed by atoms with Gasteiger partial charge in [0.05, 0.1) is 5.60 Å². The van der Waals surface area contributed by atoms with E-state index in [-0.39, 0.29) is 17.3 Å². The SMILES string of the molecule is Cc1csc(=O)n1CC(=O)N1CCC(C)(O)CC1. The minimum absolute atomic E-state index is 0.0471. The van der Waals surface area contributed by atoms with E-state index in [4.69, 9.17) is 0 Å². The third-order valence-electron chi connectivity index (χ3n) is 3.46. The zero-order valence-electron chi connectivity index (χ0n) is 10.7. The predicted molar refractivity (Wildman–Crippen MR) is 69.8 cm³/mol. The fraction of sp³-hybridized carbons (Fsp3) is 0.667. The third-order valence-corrected chi connectivity index (χ3v) is 4.34. The van der Waals surface area contributed by atoms with Crippen LogP contribution in [-0.4, -0.2) is 39.2 Å². The Morgan fingerprint density at radius 1 is 1.50 bits per heavy atom. The van der Waals surface area contributed by atoms with E-state index in [1.54, 1.807) is 17.2 Å². The Labute approximate surface area is 110 Å². The quantitative estimate of drug-likeness (QED) is 0.855. The Morgan fingerprint density at radius 2 is 2.11 bits per heavy atom. The summed E-state index contributed by atoms with van der Waals surface area (Å²) in [5.41, 5.74) is 0.161. The van der Waals surface area contributed by atoms with E-state index >= 15 is 0 Å². The number of nitrogens with zero attached hydrogens (tertiary/aromatic N) is 2. The van der Waals surface area contributed by atoms with Crippen molar-refractivity contribution in [3.8, 4) is 0 Å². The fourth-order valence-corrected chi connectivity index (χ4v) is 2.80. The molecule has 0 atom stereocenters. The zero-order valence-corrected chi connectivity index (χ0v) is 11.5. The van der Waals surface area contributed by atoms with Crippen LogP contribution in [-0.2, 0) is 11.3 Å². The van der Waals surface area contributed by atoms with Crippen LogP contribution in [0.1, 0.15) is 25.5 Å². The van der Waals surface area contributed by atoms with Crippen molar-refractivity contribution in [3.05, 3.63) is 20.7 Å². The van der Waals surface area contributed by atoms with Gasteiger partial charge in [0, 0.05) is 24.2 Å². The molecule has 1 N–H and O–H groups in total. The van der Waals surface area contributed by atoms with Gasteiger partial charge in [-0.15, -0.1) is 0 Å². The number of piperidine rings is 1. The first kappa shape index (κ1) is 13.3. The smallest absolute Gasteiger partial charge is 0.307 e. The van der Waals surface area contributed by atoms with Gasteiger partial charge in [-0.25, -0.2) is 0 Å². The summed E-state index contributed by atoms with van der Waals surface area (Å²) < 4.78 is 1.50. The normalized spacial score (nSPS) is 18.9. The summed E-state index contributed by atoms with van der Waals surface area (Å²) in [6, 6.07) is 0. The molecular weight excluding hydrogens is 252 g/mol. The standard InChI is InChI=1S/C12H18N2O3S/c1-9-8-18-11(16)14(9)7-10(15)13-5-3-12(2,17)4-6-13/h8,17H,3-7H2,1-2H3. The molecule has 1 saturated heterocycles. The van der Waals surface area contributed by atoms with Crippen molar-refractivity contribution in [1.29, 1.82) is 0 Å². The Balaban J connectivity index is 2.00. The molecular formula is C12H18N2O3S. The summed E-state index contributed by atoms with van der Waals surface area (Å²) in [7, 11) is 0. The van der Waals surface area contributed by atoms with Crippen LogP contribution in [0.15, 0.2) is 10.2 Å². The average molecular weight is 270 g/mol. The Morgan fingerprint density at radius 3 is 2.61 bits per heavy atom. The first-order valence-corrected chi connectivity index (χ1v) is 6.92. The maximum Gasteiger partial charge on any atom is 0.307 e. The molecule has 100 valence electrons. The van der Waals surface area contributed by atoms with Gasteiger partial charge in [-0.3, -0.25) is 14.2 Å². The van der Waals surface area contributed by atoms with Crippen molar-refractivity contribution >= 4 is 17.2 Å². The number of carbonyl (C=O) groups is 1. The summed E-state index contributed by atoms with van der Waals surface area (Å²) in [6.07, 6.45) is 1.19. The minimum Gasteiger partial charge on any atom is -0.390 e. The second-order valence-electron chi connectivity index (χ2n) is 5.11. The highest BCUT2D eigenvalue weighted by Gasteiger charge is 2.29. The second-order valence-corrected chi connectivity index (χ2v) is 5.93. The van der Waals surface area contributed by atoms with Gasteiger partial charge in [0.15, 0.2) is 0 Å². The number of hydrogen-bond acceptors (Lipinski definition) is 4. The Kier molecular flexibility index (Phi) is 3.59. The van der Waals surface area contributed by atoms with Crippen LogP contribution in [0.5, 0.6) is 0 Å². The molecule has 1 aromatic heterocycles. The van der Waals surface area contributed by atoms with Crippen LogP contribution in [0.4, 0.5) is 0 Å². The van der Waals surface area contributed by atoms with Crippen molar-refractivity contribution in [3.63, 3.8) is 0 Å². The molecule has 0 bridgehead atoms. The summed E-state index contributed by atoms with van der Waals surface area (Å²) in [5.74, 6) is -0.0471. The van der Waals surface area contributed by atoms with E-state index in [9.17, 15) is 14.7 Å². The summed E-state index contributed by atoms with van der Waals surface area (Å²) in [4.78, 5) is 25.2. The van der Waals surface area contributed by atoms with E-state index in [1.165, 1.54) is 4.57 Å². The first-order chi connectivity index (χ1) is 8.39. The number of likely N-dealkylation sites (tertiary alicyclic amines) is 1. The van der Waals surface area contributed by atoms with Crippen molar-refractivity contribution in [2.75, 3.05) is 13.1 Å². The molecule has 18 heavy (non-hydrogen) atoms. The van der Waals surface area contributed by atoms with Crippen LogP contribution in [0.3, 0.4) is 0 Å². The highest BCUT2D eigenvalue weighted by Crippen LogP contribution is 2.21. The third kappa shape index (κ3) is 2.81. The monoisotopic (exact) mass is 270 g/mol. The molecule has 2 rings (SSSR count). The zero-order chi connectivity index (χ0) is 13.3. The Bertz CT molecular complexity index is 494. The Hall–Kier alpha value is -1.14.